The van der Waals surface area contributed by atoms with Crippen LogP contribution in [0.3, 0.4) is 0 Å². The van der Waals surface area contributed by atoms with E-state index in [1.807, 2.05) is 110 Å². The van der Waals surface area contributed by atoms with E-state index >= 15 is 0 Å². The molecule has 3 aromatic heterocycles. The topological polar surface area (TPSA) is 60.2 Å². The summed E-state index contributed by atoms with van der Waals surface area (Å²) in [6, 6.07) is 46.5. The molecule has 0 saturated carbocycles. The van der Waals surface area contributed by atoms with Crippen molar-refractivity contribution in [2.45, 2.75) is 6.92 Å². The highest BCUT2D eigenvalue weighted by Crippen LogP contribution is 2.40. The summed E-state index contributed by atoms with van der Waals surface area (Å²) in [4.78, 5) is 9.74. The number of pyridine rings is 2. The van der Waals surface area contributed by atoms with Crippen LogP contribution in [0.4, 0.5) is 0 Å². The van der Waals surface area contributed by atoms with E-state index in [0.717, 1.165) is 61.0 Å². The largest absolute Gasteiger partial charge is 0.506 e. The molecule has 5 nitrogen and oxygen atoms in total. The number of phenols is 1. The van der Waals surface area contributed by atoms with E-state index in [1.165, 1.54) is 0 Å². The van der Waals surface area contributed by atoms with Crippen molar-refractivity contribution < 1.29 is 9.84 Å². The maximum Gasteiger partial charge on any atom is 0.227 e. The molecule has 0 atom stereocenters. The lowest BCUT2D eigenvalue weighted by atomic mass is 10.00. The molecule has 0 aliphatic heterocycles. The van der Waals surface area contributed by atoms with Gasteiger partial charge in [-0.15, -0.1) is 0 Å². The normalized spacial score (nSPS) is 11.4. The molecule has 8 rings (SSSR count). The molecular formula is C39H27N3O2. The molecular weight excluding hydrogens is 542 g/mol. The standard InChI is InChI=1S/C39H27N3O2/c1-25-11-10-18-37(40-25)42-34-17-9-8-16-31(34)32-20-19-30(24-35(32)42)44-39-33(27-14-6-3-7-15-27)22-29-21-28(23-36(43)38(29)41-39)26-12-4-2-5-13-26/h2-24,43H,1H3. The van der Waals surface area contributed by atoms with Gasteiger partial charge in [0.2, 0.25) is 5.88 Å². The van der Waals surface area contributed by atoms with Gasteiger partial charge in [0.15, 0.2) is 0 Å². The first kappa shape index (κ1) is 25.7. The Morgan fingerprint density at radius 3 is 2.11 bits per heavy atom. The predicted octanol–water partition coefficient (Wildman–Crippen LogP) is 9.87. The number of aromatic nitrogens is 3. The summed E-state index contributed by atoms with van der Waals surface area (Å²) in [7, 11) is 0. The van der Waals surface area contributed by atoms with Gasteiger partial charge in [0.05, 0.1) is 11.0 Å². The Morgan fingerprint density at radius 2 is 1.32 bits per heavy atom. The number of hydrogen-bond acceptors (Lipinski definition) is 4. The molecule has 0 amide bonds. The van der Waals surface area contributed by atoms with Crippen molar-refractivity contribution in [3.05, 3.63) is 145 Å². The lowest BCUT2D eigenvalue weighted by Crippen LogP contribution is -1.98. The fourth-order valence-electron chi connectivity index (χ4n) is 5.98. The van der Waals surface area contributed by atoms with Gasteiger partial charge in [-0.1, -0.05) is 84.9 Å². The van der Waals surface area contributed by atoms with Crippen LogP contribution in [0.2, 0.25) is 0 Å². The number of hydrogen-bond donors (Lipinski definition) is 1. The summed E-state index contributed by atoms with van der Waals surface area (Å²) >= 11 is 0. The number of aromatic hydroxyl groups is 1. The van der Waals surface area contributed by atoms with Crippen LogP contribution in [0.25, 0.3) is 60.8 Å². The Morgan fingerprint density at radius 1 is 0.591 bits per heavy atom. The zero-order valence-electron chi connectivity index (χ0n) is 24.0. The molecule has 1 N–H and O–H groups in total. The Hall–Kier alpha value is -5.94. The number of fused-ring (bicyclic) bond motifs is 4. The smallest absolute Gasteiger partial charge is 0.227 e. The number of nitrogens with zero attached hydrogens (tertiary/aromatic N) is 3. The molecule has 0 fully saturated rings. The summed E-state index contributed by atoms with van der Waals surface area (Å²) in [5.74, 6) is 2.01. The number of benzene rings is 5. The summed E-state index contributed by atoms with van der Waals surface area (Å²) in [5.41, 5.74) is 7.25. The van der Waals surface area contributed by atoms with Crippen molar-refractivity contribution in [1.29, 1.82) is 0 Å². The van der Waals surface area contributed by atoms with E-state index in [2.05, 4.69) is 34.9 Å². The number of aryl methyl sites for hydroxylation is 1. The van der Waals surface area contributed by atoms with Crippen molar-refractivity contribution >= 4 is 32.7 Å². The Balaban J connectivity index is 1.31. The van der Waals surface area contributed by atoms with Crippen LogP contribution in [0.1, 0.15) is 5.69 Å². The van der Waals surface area contributed by atoms with Crippen LogP contribution in [-0.2, 0) is 0 Å². The molecule has 0 bridgehead atoms. The quantitative estimate of drug-likeness (QED) is 0.224. The zero-order valence-corrected chi connectivity index (χ0v) is 24.0. The first-order chi connectivity index (χ1) is 21.6. The molecule has 210 valence electrons. The van der Waals surface area contributed by atoms with E-state index in [1.54, 1.807) is 6.07 Å². The maximum absolute atomic E-state index is 11.1. The molecule has 5 heteroatoms. The van der Waals surface area contributed by atoms with E-state index < -0.39 is 0 Å². The van der Waals surface area contributed by atoms with Gasteiger partial charge in [-0.3, -0.25) is 4.57 Å². The van der Waals surface area contributed by atoms with Gasteiger partial charge in [0, 0.05) is 33.5 Å². The van der Waals surface area contributed by atoms with Crippen molar-refractivity contribution in [1.82, 2.24) is 14.5 Å². The summed E-state index contributed by atoms with van der Waals surface area (Å²) in [6.07, 6.45) is 0. The van der Waals surface area contributed by atoms with Gasteiger partial charge >= 0.3 is 0 Å². The van der Waals surface area contributed by atoms with Gasteiger partial charge in [-0.05, 0) is 72.1 Å². The average Bonchev–Trinajstić information content (AvgIpc) is 3.39. The predicted molar refractivity (Wildman–Crippen MR) is 178 cm³/mol. The number of rotatable bonds is 5. The second-order valence-corrected chi connectivity index (χ2v) is 10.9. The summed E-state index contributed by atoms with van der Waals surface area (Å²) in [6.45, 7) is 2.00. The molecule has 0 saturated heterocycles. The number of ether oxygens (including phenoxy) is 1. The molecule has 44 heavy (non-hydrogen) atoms. The summed E-state index contributed by atoms with van der Waals surface area (Å²) in [5, 5.41) is 14.2. The molecule has 0 radical (unpaired) electrons. The maximum atomic E-state index is 11.1. The van der Waals surface area contributed by atoms with E-state index in [4.69, 9.17) is 14.7 Å². The van der Waals surface area contributed by atoms with Gasteiger partial charge in [-0.2, -0.15) is 0 Å². The van der Waals surface area contributed by atoms with Crippen molar-refractivity contribution in [2.24, 2.45) is 0 Å². The molecule has 0 aliphatic rings. The first-order valence-corrected chi connectivity index (χ1v) is 14.6. The molecule has 3 heterocycles. The lowest BCUT2D eigenvalue weighted by molar-refractivity contribution is 0.462. The third-order valence-corrected chi connectivity index (χ3v) is 8.02. The molecule has 0 spiro atoms. The fraction of sp³-hybridized carbons (Fsp3) is 0.0256. The highest BCUT2D eigenvalue weighted by atomic mass is 16.5. The van der Waals surface area contributed by atoms with E-state index in [0.29, 0.717) is 17.1 Å². The lowest BCUT2D eigenvalue weighted by Gasteiger charge is -2.14. The highest BCUT2D eigenvalue weighted by Gasteiger charge is 2.18. The number of phenolic OH excluding ortho intramolecular Hbond substituents is 1. The first-order valence-electron chi connectivity index (χ1n) is 14.6. The molecule has 0 aliphatic carbocycles. The van der Waals surface area contributed by atoms with Gasteiger partial charge in [0.1, 0.15) is 22.8 Å². The van der Waals surface area contributed by atoms with Crippen LogP contribution >= 0.6 is 0 Å². The Bertz CT molecular complexity index is 2330. The van der Waals surface area contributed by atoms with Crippen LogP contribution in [0, 0.1) is 6.92 Å². The van der Waals surface area contributed by atoms with Crippen molar-refractivity contribution in [3.63, 3.8) is 0 Å². The van der Waals surface area contributed by atoms with Crippen LogP contribution in [-0.4, -0.2) is 19.6 Å². The third-order valence-electron chi connectivity index (χ3n) is 8.02. The second-order valence-electron chi connectivity index (χ2n) is 10.9. The Kier molecular flexibility index (Phi) is 6.09. The Labute approximate surface area is 254 Å². The summed E-state index contributed by atoms with van der Waals surface area (Å²) < 4.78 is 8.78. The van der Waals surface area contributed by atoms with Crippen molar-refractivity contribution in [2.75, 3.05) is 0 Å². The van der Waals surface area contributed by atoms with Crippen LogP contribution < -0.4 is 4.74 Å². The van der Waals surface area contributed by atoms with Crippen molar-refractivity contribution in [3.8, 4) is 45.5 Å². The number of para-hydroxylation sites is 1. The SMILES string of the molecule is Cc1cccc(-n2c3ccccc3c3ccc(Oc4nc5c(O)cc(-c6ccccc6)cc5cc4-c4ccccc4)cc32)n1. The minimum absolute atomic E-state index is 0.104. The van der Waals surface area contributed by atoms with E-state index in [-0.39, 0.29) is 5.75 Å². The highest BCUT2D eigenvalue weighted by molar-refractivity contribution is 6.09. The molecule has 8 aromatic rings. The third kappa shape index (κ3) is 4.43. The van der Waals surface area contributed by atoms with Gasteiger partial charge in [-0.25, -0.2) is 9.97 Å². The average molecular weight is 570 g/mol. The molecule has 5 aromatic carbocycles. The van der Waals surface area contributed by atoms with Gasteiger partial charge < -0.3 is 9.84 Å². The van der Waals surface area contributed by atoms with Crippen LogP contribution in [0.15, 0.2) is 140 Å². The monoisotopic (exact) mass is 569 g/mol. The molecule has 0 unspecified atom stereocenters. The second kappa shape index (κ2) is 10.4. The van der Waals surface area contributed by atoms with Gasteiger partial charge in [0.25, 0.3) is 0 Å². The zero-order chi connectivity index (χ0) is 29.6. The van der Waals surface area contributed by atoms with E-state index in [9.17, 15) is 5.11 Å². The minimum Gasteiger partial charge on any atom is -0.506 e. The van der Waals surface area contributed by atoms with Crippen LogP contribution in [0.5, 0.6) is 17.4 Å². The fourth-order valence-corrected chi connectivity index (χ4v) is 5.98. The minimum atomic E-state index is 0.104.